The van der Waals surface area contributed by atoms with Crippen molar-refractivity contribution in [3.63, 3.8) is 0 Å². The van der Waals surface area contributed by atoms with Crippen molar-refractivity contribution in [1.82, 2.24) is 19.6 Å². The van der Waals surface area contributed by atoms with E-state index in [1.165, 1.54) is 25.7 Å². The summed E-state index contributed by atoms with van der Waals surface area (Å²) in [5.74, 6) is 1.62. The van der Waals surface area contributed by atoms with Gasteiger partial charge in [0.25, 0.3) is 0 Å². The second-order valence-corrected chi connectivity index (χ2v) is 8.06. The molecule has 3 aromatic heterocycles. The monoisotopic (exact) mass is 339 g/mol. The van der Waals surface area contributed by atoms with Gasteiger partial charge in [-0.2, -0.15) is 0 Å². The molecule has 6 heteroatoms. The maximum absolute atomic E-state index is 4.84. The van der Waals surface area contributed by atoms with E-state index in [1.807, 2.05) is 29.0 Å². The normalized spacial score (nSPS) is 26.9. The van der Waals surface area contributed by atoms with Gasteiger partial charge in [-0.1, -0.05) is 31.1 Å². The van der Waals surface area contributed by atoms with Gasteiger partial charge in [-0.15, -0.1) is 5.10 Å². The van der Waals surface area contributed by atoms with Gasteiger partial charge in [0.1, 0.15) is 0 Å². The highest BCUT2D eigenvalue weighted by atomic mass is 32.1. The van der Waals surface area contributed by atoms with E-state index in [2.05, 4.69) is 16.8 Å². The van der Waals surface area contributed by atoms with Gasteiger partial charge in [0.2, 0.25) is 10.1 Å². The lowest BCUT2D eigenvalue weighted by Crippen LogP contribution is -2.34. The Morgan fingerprint density at radius 1 is 1.25 bits per heavy atom. The first kappa shape index (κ1) is 14.4. The molecule has 5 nitrogen and oxygen atoms in total. The summed E-state index contributed by atoms with van der Waals surface area (Å²) in [4.78, 5) is 12.4. The number of pyridine rings is 1. The predicted octanol–water partition coefficient (Wildman–Crippen LogP) is 3.87. The molecular weight excluding hydrogens is 318 g/mol. The van der Waals surface area contributed by atoms with Gasteiger partial charge in [0, 0.05) is 30.5 Å². The summed E-state index contributed by atoms with van der Waals surface area (Å²) in [7, 11) is 0. The van der Waals surface area contributed by atoms with Crippen molar-refractivity contribution in [2.75, 3.05) is 11.4 Å². The lowest BCUT2D eigenvalue weighted by atomic mass is 9.80. The molecular formula is C18H21N5S. The number of fused-ring (bicyclic) bond motifs is 2. The van der Waals surface area contributed by atoms with Gasteiger partial charge in [0.05, 0.1) is 11.9 Å². The molecule has 124 valence electrons. The highest BCUT2D eigenvalue weighted by molar-refractivity contribution is 7.20. The van der Waals surface area contributed by atoms with Crippen LogP contribution in [-0.2, 0) is 0 Å². The first-order valence-corrected chi connectivity index (χ1v) is 9.64. The molecule has 0 N–H and O–H groups in total. The molecule has 0 bridgehead atoms. The molecule has 24 heavy (non-hydrogen) atoms. The molecule has 1 saturated heterocycles. The van der Waals surface area contributed by atoms with Gasteiger partial charge in [0.15, 0.2) is 0 Å². The Labute approximate surface area is 145 Å². The molecule has 5 rings (SSSR count). The Morgan fingerprint density at radius 3 is 3.00 bits per heavy atom. The van der Waals surface area contributed by atoms with Crippen LogP contribution in [0.2, 0.25) is 0 Å². The Kier molecular flexibility index (Phi) is 3.33. The minimum absolute atomic E-state index is 0.683. The van der Waals surface area contributed by atoms with Crippen molar-refractivity contribution >= 4 is 21.4 Å². The van der Waals surface area contributed by atoms with Crippen LogP contribution in [0.5, 0.6) is 0 Å². The Balaban J connectivity index is 1.47. The van der Waals surface area contributed by atoms with Crippen molar-refractivity contribution in [2.45, 2.75) is 38.6 Å². The van der Waals surface area contributed by atoms with E-state index >= 15 is 0 Å². The molecule has 0 radical (unpaired) electrons. The van der Waals surface area contributed by atoms with Crippen molar-refractivity contribution in [1.29, 1.82) is 0 Å². The molecule has 3 atom stereocenters. The van der Waals surface area contributed by atoms with Gasteiger partial charge in [-0.25, -0.2) is 9.50 Å². The van der Waals surface area contributed by atoms with E-state index in [-0.39, 0.29) is 0 Å². The molecule has 0 aromatic carbocycles. The average molecular weight is 339 g/mol. The summed E-state index contributed by atoms with van der Waals surface area (Å²) in [5, 5.41) is 5.98. The Morgan fingerprint density at radius 2 is 2.17 bits per heavy atom. The van der Waals surface area contributed by atoms with Crippen LogP contribution in [0.25, 0.3) is 16.2 Å². The van der Waals surface area contributed by atoms with Gasteiger partial charge < -0.3 is 4.90 Å². The van der Waals surface area contributed by atoms with E-state index in [9.17, 15) is 0 Å². The summed E-state index contributed by atoms with van der Waals surface area (Å²) >= 11 is 1.71. The molecule has 0 spiro atoms. The van der Waals surface area contributed by atoms with Crippen molar-refractivity contribution in [2.24, 2.45) is 11.8 Å². The third kappa shape index (κ3) is 2.24. The van der Waals surface area contributed by atoms with Gasteiger partial charge in [-0.05, 0) is 36.8 Å². The fourth-order valence-corrected chi connectivity index (χ4v) is 5.40. The molecule has 3 unspecified atom stereocenters. The second kappa shape index (κ2) is 5.55. The molecule has 0 amide bonds. The standard InChI is InChI=1S/C18H21N5S/c1-12-10-22(16-7-3-2-6-14(12)16)18-21-23-11-15(20-17(23)24-18)13-5-4-8-19-9-13/h4-5,8-9,11-12,14,16H,2-3,6-7,10H2,1H3. The van der Waals surface area contributed by atoms with Crippen LogP contribution in [0.4, 0.5) is 5.13 Å². The highest BCUT2D eigenvalue weighted by Crippen LogP contribution is 2.43. The van der Waals surface area contributed by atoms with E-state index in [0.29, 0.717) is 6.04 Å². The zero-order valence-electron chi connectivity index (χ0n) is 13.8. The van der Waals surface area contributed by atoms with E-state index < -0.39 is 0 Å². The largest absolute Gasteiger partial charge is 0.343 e. The summed E-state index contributed by atoms with van der Waals surface area (Å²) in [6.45, 7) is 3.55. The summed E-state index contributed by atoms with van der Waals surface area (Å²) in [5.41, 5.74) is 1.98. The van der Waals surface area contributed by atoms with Crippen LogP contribution in [0.1, 0.15) is 32.6 Å². The number of aromatic nitrogens is 4. The fraction of sp³-hybridized carbons (Fsp3) is 0.500. The molecule has 3 aromatic rings. The van der Waals surface area contributed by atoms with Crippen LogP contribution in [0.3, 0.4) is 0 Å². The molecule has 2 aliphatic rings. The SMILES string of the molecule is CC1CN(c2nn3cc(-c4cccnc4)nc3s2)C2CCCCC12. The van der Waals surface area contributed by atoms with Crippen LogP contribution in [0.15, 0.2) is 30.7 Å². The maximum Gasteiger partial charge on any atom is 0.214 e. The highest BCUT2D eigenvalue weighted by Gasteiger charge is 2.41. The first-order valence-electron chi connectivity index (χ1n) is 8.83. The molecule has 1 aliphatic carbocycles. The average Bonchev–Trinajstić information content (AvgIpc) is 3.27. The lowest BCUT2D eigenvalue weighted by molar-refractivity contribution is 0.293. The number of hydrogen-bond acceptors (Lipinski definition) is 5. The van der Waals surface area contributed by atoms with Crippen LogP contribution >= 0.6 is 11.3 Å². The van der Waals surface area contributed by atoms with E-state index in [1.54, 1.807) is 17.5 Å². The predicted molar refractivity (Wildman–Crippen MR) is 96.4 cm³/mol. The van der Waals surface area contributed by atoms with Crippen LogP contribution < -0.4 is 4.90 Å². The summed E-state index contributed by atoms with van der Waals surface area (Å²) < 4.78 is 1.93. The summed E-state index contributed by atoms with van der Waals surface area (Å²) in [6.07, 6.45) is 11.1. The fourth-order valence-electron chi connectivity index (χ4n) is 4.45. The molecule has 4 heterocycles. The lowest BCUT2D eigenvalue weighted by Gasteiger charge is -2.31. The van der Waals surface area contributed by atoms with Crippen molar-refractivity contribution in [3.8, 4) is 11.3 Å². The quantitative estimate of drug-likeness (QED) is 0.711. The number of nitrogens with zero attached hydrogens (tertiary/aromatic N) is 5. The zero-order chi connectivity index (χ0) is 16.1. The number of hydrogen-bond donors (Lipinski definition) is 0. The maximum atomic E-state index is 4.84. The number of anilines is 1. The number of rotatable bonds is 2. The molecule has 2 fully saturated rings. The van der Waals surface area contributed by atoms with Crippen molar-refractivity contribution < 1.29 is 0 Å². The van der Waals surface area contributed by atoms with Crippen LogP contribution in [-0.4, -0.2) is 32.2 Å². The van der Waals surface area contributed by atoms with Crippen molar-refractivity contribution in [3.05, 3.63) is 30.7 Å². The van der Waals surface area contributed by atoms with Crippen LogP contribution in [0, 0.1) is 11.8 Å². The van der Waals surface area contributed by atoms with Gasteiger partial charge in [-0.3, -0.25) is 4.98 Å². The van der Waals surface area contributed by atoms with E-state index in [0.717, 1.165) is 39.7 Å². The smallest absolute Gasteiger partial charge is 0.214 e. The minimum atomic E-state index is 0.683. The third-order valence-electron chi connectivity index (χ3n) is 5.63. The topological polar surface area (TPSA) is 46.3 Å². The molecule has 1 aliphatic heterocycles. The van der Waals surface area contributed by atoms with E-state index in [4.69, 9.17) is 10.1 Å². The zero-order valence-corrected chi connectivity index (χ0v) is 14.6. The number of imidazole rings is 1. The van der Waals surface area contributed by atoms with Gasteiger partial charge >= 0.3 is 0 Å². The third-order valence-corrected chi connectivity index (χ3v) is 6.59. The summed E-state index contributed by atoms with van der Waals surface area (Å²) in [6, 6.07) is 4.66. The Hall–Kier alpha value is -1.95. The molecule has 1 saturated carbocycles. The Bertz CT molecular complexity index is 823. The first-order chi connectivity index (χ1) is 11.8. The minimum Gasteiger partial charge on any atom is -0.343 e. The second-order valence-electron chi connectivity index (χ2n) is 7.12.